The van der Waals surface area contributed by atoms with E-state index in [4.69, 9.17) is 39.5 Å². The van der Waals surface area contributed by atoms with Crippen LogP contribution in [0.2, 0.25) is 5.02 Å². The number of esters is 1. The number of carbonyl (C=O) groups excluding carboxylic acids is 4. The number of aryl methyl sites for hydroxylation is 1. The zero-order valence-corrected chi connectivity index (χ0v) is 20.4. The Balaban J connectivity index is 1.42. The molecule has 1 aliphatic carbocycles. The fourth-order valence-electron chi connectivity index (χ4n) is 4.25. The highest BCUT2D eigenvalue weighted by Gasteiger charge is 2.52. The number of amides is 3. The third-order valence-corrected chi connectivity index (χ3v) is 7.39. The number of hydrogen-bond donors (Lipinski definition) is 1. The van der Waals surface area contributed by atoms with E-state index in [0.717, 1.165) is 10.5 Å². The van der Waals surface area contributed by atoms with E-state index < -0.39 is 30.3 Å². The lowest BCUT2D eigenvalue weighted by atomic mass is 9.80. The summed E-state index contributed by atoms with van der Waals surface area (Å²) in [6, 6.07) is 11.0. The van der Waals surface area contributed by atoms with Crippen molar-refractivity contribution in [3.63, 3.8) is 0 Å². The Morgan fingerprint density at radius 2 is 1.68 bits per heavy atom. The molecule has 0 radical (unpaired) electrons. The molecule has 7 nitrogen and oxygen atoms in total. The third kappa shape index (κ3) is 4.92. The molecule has 0 aromatic heterocycles. The molecule has 4 rings (SSSR count). The highest BCUT2D eigenvalue weighted by Crippen LogP contribution is 2.43. The number of benzene rings is 2. The topological polar surface area (TPSA) is 92.8 Å². The zero-order valence-electron chi connectivity index (χ0n) is 18.1. The first kappa shape index (κ1) is 24.5. The van der Waals surface area contributed by atoms with Gasteiger partial charge in [-0.25, -0.2) is 4.79 Å². The van der Waals surface area contributed by atoms with Gasteiger partial charge in [0.1, 0.15) is 0 Å². The van der Waals surface area contributed by atoms with E-state index in [1.165, 1.54) is 12.1 Å². The van der Waals surface area contributed by atoms with Crippen molar-refractivity contribution in [1.82, 2.24) is 0 Å². The van der Waals surface area contributed by atoms with Crippen molar-refractivity contribution in [3.05, 3.63) is 58.6 Å². The number of nitrogens with zero attached hydrogens (tertiary/aromatic N) is 1. The van der Waals surface area contributed by atoms with Crippen LogP contribution in [0.5, 0.6) is 0 Å². The van der Waals surface area contributed by atoms with Crippen LogP contribution < -0.4 is 10.2 Å². The van der Waals surface area contributed by atoms with Crippen LogP contribution in [-0.2, 0) is 19.1 Å². The molecule has 1 aliphatic heterocycles. The summed E-state index contributed by atoms with van der Waals surface area (Å²) in [5.74, 6) is -3.07. The summed E-state index contributed by atoms with van der Waals surface area (Å²) in [7, 11) is 0. The van der Waals surface area contributed by atoms with Crippen molar-refractivity contribution in [3.8, 4) is 0 Å². The van der Waals surface area contributed by atoms with E-state index in [1.54, 1.807) is 37.3 Å². The zero-order chi connectivity index (χ0) is 24.6. The summed E-state index contributed by atoms with van der Waals surface area (Å²) in [5.41, 5.74) is 1.68. The summed E-state index contributed by atoms with van der Waals surface area (Å²) in [5, 5.41) is 2.33. The van der Waals surface area contributed by atoms with Gasteiger partial charge in [-0.05, 0) is 55.7 Å². The van der Waals surface area contributed by atoms with Crippen molar-refractivity contribution in [1.29, 1.82) is 0 Å². The molecule has 2 aromatic carbocycles. The number of carbonyl (C=O) groups is 4. The van der Waals surface area contributed by atoms with Crippen LogP contribution in [0.3, 0.4) is 0 Å². The molecule has 1 heterocycles. The average molecular weight is 524 g/mol. The number of ether oxygens (including phenoxy) is 1. The highest BCUT2D eigenvalue weighted by molar-refractivity contribution is 6.31. The number of alkyl halides is 2. The Bertz CT molecular complexity index is 1140. The van der Waals surface area contributed by atoms with Crippen molar-refractivity contribution in [2.75, 3.05) is 16.8 Å². The monoisotopic (exact) mass is 522 g/mol. The number of halogens is 3. The fraction of sp³-hybridized carbons (Fsp3) is 0.333. The van der Waals surface area contributed by atoms with E-state index in [1.807, 2.05) is 0 Å². The largest absolute Gasteiger partial charge is 0.452 e. The number of fused-ring (bicyclic) bond motifs is 1. The van der Waals surface area contributed by atoms with Crippen molar-refractivity contribution in [2.24, 2.45) is 11.8 Å². The molecule has 0 spiro atoms. The molecule has 2 aliphatic rings. The Hall–Kier alpha value is -2.61. The van der Waals surface area contributed by atoms with Crippen LogP contribution in [0.4, 0.5) is 11.4 Å². The van der Waals surface area contributed by atoms with Gasteiger partial charge in [-0.1, -0.05) is 23.7 Å². The smallest absolute Gasteiger partial charge is 0.338 e. The molecule has 1 saturated heterocycles. The molecule has 0 unspecified atom stereocenters. The molecule has 1 N–H and O–H groups in total. The van der Waals surface area contributed by atoms with Gasteiger partial charge < -0.3 is 10.1 Å². The standard InChI is InChI=1S/C24H21Cl3N2O5/c1-12-5-6-14(25)8-20(12)28-21(30)11-34-24(33)13-3-2-4-15(7-13)29-22(31)16-9-18(26)19(27)10-17(16)23(29)32/h2-8,16-19H,9-11H2,1H3,(H,28,30)/t16-,17+,18-,19-/m0/s1. The summed E-state index contributed by atoms with van der Waals surface area (Å²) in [6.07, 6.45) is 0.648. The molecular weight excluding hydrogens is 503 g/mol. The summed E-state index contributed by atoms with van der Waals surface area (Å²) in [4.78, 5) is 51.7. The highest BCUT2D eigenvalue weighted by atomic mass is 35.5. The van der Waals surface area contributed by atoms with E-state index in [-0.39, 0.29) is 33.8 Å². The lowest BCUT2D eigenvalue weighted by molar-refractivity contribution is -0.122. The van der Waals surface area contributed by atoms with Crippen LogP contribution in [0.15, 0.2) is 42.5 Å². The van der Waals surface area contributed by atoms with E-state index in [9.17, 15) is 19.2 Å². The maximum Gasteiger partial charge on any atom is 0.338 e. The van der Waals surface area contributed by atoms with Gasteiger partial charge in [-0.15, -0.1) is 23.2 Å². The minimum absolute atomic E-state index is 0.102. The van der Waals surface area contributed by atoms with Gasteiger partial charge in [0.05, 0.1) is 33.8 Å². The van der Waals surface area contributed by atoms with Gasteiger partial charge >= 0.3 is 5.97 Å². The van der Waals surface area contributed by atoms with E-state index >= 15 is 0 Å². The lowest BCUT2D eigenvalue weighted by Crippen LogP contribution is -2.34. The summed E-state index contributed by atoms with van der Waals surface area (Å²) in [6.45, 7) is 1.29. The predicted octanol–water partition coefficient (Wildman–Crippen LogP) is 4.56. The lowest BCUT2D eigenvalue weighted by Gasteiger charge is -2.28. The van der Waals surface area contributed by atoms with Crippen LogP contribution in [0.1, 0.15) is 28.8 Å². The van der Waals surface area contributed by atoms with Gasteiger partial charge in [0.15, 0.2) is 6.61 Å². The number of nitrogens with one attached hydrogen (secondary N) is 1. The van der Waals surface area contributed by atoms with Crippen LogP contribution in [-0.4, -0.2) is 41.1 Å². The number of anilines is 2. The Kier molecular flexibility index (Phi) is 7.17. The van der Waals surface area contributed by atoms with Crippen LogP contribution in [0, 0.1) is 18.8 Å². The molecule has 2 aromatic rings. The van der Waals surface area contributed by atoms with Crippen LogP contribution in [0.25, 0.3) is 0 Å². The molecule has 178 valence electrons. The SMILES string of the molecule is Cc1ccc(Cl)cc1NC(=O)COC(=O)c1cccc(N2C(=O)[C@H]3C[C@H](Cl)[C@@H](Cl)C[C@H]3C2=O)c1. The van der Waals surface area contributed by atoms with Crippen LogP contribution >= 0.6 is 34.8 Å². The molecule has 3 amide bonds. The third-order valence-electron chi connectivity index (χ3n) is 6.06. The number of hydrogen-bond acceptors (Lipinski definition) is 5. The molecular formula is C24H21Cl3N2O5. The minimum atomic E-state index is -0.766. The van der Waals surface area contributed by atoms with Gasteiger partial charge in [0, 0.05) is 10.7 Å². The normalized spacial score (nSPS) is 24.1. The van der Waals surface area contributed by atoms with Crippen molar-refractivity contribution >= 4 is 69.9 Å². The van der Waals surface area contributed by atoms with E-state index in [0.29, 0.717) is 23.6 Å². The number of imide groups is 1. The molecule has 2 fully saturated rings. The molecule has 10 heteroatoms. The maximum atomic E-state index is 12.9. The van der Waals surface area contributed by atoms with E-state index in [2.05, 4.69) is 5.32 Å². The molecule has 1 saturated carbocycles. The number of rotatable bonds is 5. The second kappa shape index (κ2) is 9.94. The Morgan fingerprint density at radius 1 is 1.03 bits per heavy atom. The molecule has 4 atom stereocenters. The summed E-state index contributed by atoms with van der Waals surface area (Å²) < 4.78 is 5.12. The molecule has 34 heavy (non-hydrogen) atoms. The Morgan fingerprint density at radius 3 is 2.32 bits per heavy atom. The fourth-order valence-corrected chi connectivity index (χ4v) is 5.01. The quantitative estimate of drug-likeness (QED) is 0.352. The first-order valence-corrected chi connectivity index (χ1v) is 11.9. The second-order valence-electron chi connectivity index (χ2n) is 8.36. The minimum Gasteiger partial charge on any atom is -0.452 e. The second-order valence-corrected chi connectivity index (χ2v) is 9.92. The average Bonchev–Trinajstić information content (AvgIpc) is 3.04. The van der Waals surface area contributed by atoms with Crippen molar-refractivity contribution in [2.45, 2.75) is 30.5 Å². The summed E-state index contributed by atoms with van der Waals surface area (Å²) >= 11 is 18.4. The van der Waals surface area contributed by atoms with Gasteiger partial charge in [0.2, 0.25) is 11.8 Å². The maximum absolute atomic E-state index is 12.9. The first-order valence-electron chi connectivity index (χ1n) is 10.6. The van der Waals surface area contributed by atoms with Gasteiger partial charge in [-0.2, -0.15) is 0 Å². The Labute approximate surface area is 211 Å². The molecule has 0 bridgehead atoms. The predicted molar refractivity (Wildman–Crippen MR) is 130 cm³/mol. The van der Waals surface area contributed by atoms with Gasteiger partial charge in [0.25, 0.3) is 5.91 Å². The van der Waals surface area contributed by atoms with Gasteiger partial charge in [-0.3, -0.25) is 19.3 Å². The van der Waals surface area contributed by atoms with Crippen molar-refractivity contribution < 1.29 is 23.9 Å². The first-order chi connectivity index (χ1) is 16.2.